The first kappa shape index (κ1) is 12.1. The van der Waals surface area contributed by atoms with Crippen molar-refractivity contribution >= 4 is 0 Å². The van der Waals surface area contributed by atoms with E-state index in [0.717, 1.165) is 24.2 Å². The fraction of sp³-hybridized carbons (Fsp3) is 0.667. The fourth-order valence-electron chi connectivity index (χ4n) is 1.95. The van der Waals surface area contributed by atoms with Crippen LogP contribution >= 0.6 is 0 Å². The molecular formula is C12H21N3. The Morgan fingerprint density at radius 3 is 2.27 bits per heavy atom. The summed E-state index contributed by atoms with van der Waals surface area (Å²) in [6.07, 6.45) is 6.05. The smallest absolute Gasteiger partial charge is 0.0759 e. The minimum absolute atomic E-state index is 0.327. The van der Waals surface area contributed by atoms with Gasteiger partial charge < -0.3 is 5.32 Å². The van der Waals surface area contributed by atoms with Crippen LogP contribution in [0.5, 0.6) is 0 Å². The minimum Gasteiger partial charge on any atom is -0.311 e. The first-order valence-corrected chi connectivity index (χ1v) is 5.68. The number of aryl methyl sites for hydroxylation is 1. The maximum absolute atomic E-state index is 4.44. The van der Waals surface area contributed by atoms with Crippen LogP contribution in [0.4, 0.5) is 0 Å². The Hall–Kier alpha value is -0.960. The molecule has 1 aromatic rings. The van der Waals surface area contributed by atoms with E-state index >= 15 is 0 Å². The number of nitrogens with one attached hydrogen (secondary N) is 1. The van der Waals surface area contributed by atoms with Gasteiger partial charge in [-0.1, -0.05) is 26.7 Å². The number of aromatic nitrogens is 2. The molecule has 15 heavy (non-hydrogen) atoms. The van der Waals surface area contributed by atoms with Crippen LogP contribution in [0.15, 0.2) is 12.4 Å². The highest BCUT2D eigenvalue weighted by atomic mass is 14.9. The number of hydrogen-bond acceptors (Lipinski definition) is 3. The lowest BCUT2D eigenvalue weighted by Gasteiger charge is -2.24. The molecule has 0 bridgehead atoms. The first-order valence-electron chi connectivity index (χ1n) is 5.68. The lowest BCUT2D eigenvalue weighted by molar-refractivity contribution is 0.352. The molecule has 1 unspecified atom stereocenters. The standard InChI is InChI=1S/C12H21N3/c1-5-10(6-2)12(13-4)11-8-14-9(3)7-15-11/h7-8,10,12-13H,5-6H2,1-4H3. The zero-order valence-corrected chi connectivity index (χ0v) is 10.1. The van der Waals surface area contributed by atoms with Crippen LogP contribution in [-0.4, -0.2) is 17.0 Å². The molecule has 3 nitrogen and oxygen atoms in total. The maximum atomic E-state index is 4.44. The second-order valence-electron chi connectivity index (χ2n) is 3.93. The molecule has 0 aliphatic heterocycles. The van der Waals surface area contributed by atoms with E-state index in [1.54, 1.807) is 0 Å². The van der Waals surface area contributed by atoms with Crippen LogP contribution in [-0.2, 0) is 0 Å². The zero-order valence-electron chi connectivity index (χ0n) is 10.1. The summed E-state index contributed by atoms with van der Waals surface area (Å²) in [5.41, 5.74) is 2.02. The van der Waals surface area contributed by atoms with Gasteiger partial charge in [-0.05, 0) is 19.9 Å². The third-order valence-corrected chi connectivity index (χ3v) is 2.95. The predicted molar refractivity (Wildman–Crippen MR) is 62.6 cm³/mol. The molecule has 0 amide bonds. The highest BCUT2D eigenvalue weighted by Gasteiger charge is 2.19. The first-order chi connectivity index (χ1) is 7.22. The molecule has 0 spiro atoms. The van der Waals surface area contributed by atoms with Gasteiger partial charge in [0.25, 0.3) is 0 Å². The van der Waals surface area contributed by atoms with Gasteiger partial charge in [0.05, 0.1) is 23.6 Å². The van der Waals surface area contributed by atoms with Crippen LogP contribution in [0.2, 0.25) is 0 Å². The molecule has 0 aliphatic carbocycles. The van der Waals surface area contributed by atoms with Gasteiger partial charge in [0.1, 0.15) is 0 Å². The Bertz CT molecular complexity index is 277. The monoisotopic (exact) mass is 207 g/mol. The van der Waals surface area contributed by atoms with Crippen molar-refractivity contribution in [2.24, 2.45) is 5.92 Å². The van der Waals surface area contributed by atoms with Crippen molar-refractivity contribution in [3.05, 3.63) is 23.8 Å². The van der Waals surface area contributed by atoms with E-state index in [0.29, 0.717) is 12.0 Å². The molecule has 0 radical (unpaired) electrons. The summed E-state index contributed by atoms with van der Waals surface area (Å²) in [7, 11) is 1.99. The van der Waals surface area contributed by atoms with Crippen molar-refractivity contribution in [1.29, 1.82) is 0 Å². The summed E-state index contributed by atoms with van der Waals surface area (Å²) in [5, 5.41) is 3.34. The lowest BCUT2D eigenvalue weighted by atomic mass is 9.92. The van der Waals surface area contributed by atoms with Gasteiger partial charge in [0, 0.05) is 6.20 Å². The molecule has 0 fully saturated rings. The van der Waals surface area contributed by atoms with Crippen molar-refractivity contribution in [2.45, 2.75) is 39.7 Å². The molecule has 1 atom stereocenters. The summed E-state index contributed by atoms with van der Waals surface area (Å²) >= 11 is 0. The fourth-order valence-corrected chi connectivity index (χ4v) is 1.95. The van der Waals surface area contributed by atoms with Crippen molar-refractivity contribution in [3.63, 3.8) is 0 Å². The SMILES string of the molecule is CCC(CC)C(NC)c1cnc(C)cn1. The number of rotatable bonds is 5. The molecule has 0 aromatic carbocycles. The molecule has 3 heteroatoms. The molecule has 84 valence electrons. The molecule has 1 heterocycles. The molecule has 1 N–H and O–H groups in total. The highest BCUT2D eigenvalue weighted by Crippen LogP contribution is 2.24. The second kappa shape index (κ2) is 5.81. The summed E-state index contributed by atoms with van der Waals surface area (Å²) in [5.74, 6) is 0.631. The van der Waals surface area contributed by atoms with Gasteiger partial charge in [-0.25, -0.2) is 0 Å². The number of nitrogens with zero attached hydrogens (tertiary/aromatic N) is 2. The Kier molecular flexibility index (Phi) is 4.69. The Morgan fingerprint density at radius 2 is 1.87 bits per heavy atom. The van der Waals surface area contributed by atoms with Crippen LogP contribution in [0.3, 0.4) is 0 Å². The summed E-state index contributed by atoms with van der Waals surface area (Å²) in [6, 6.07) is 0.327. The Morgan fingerprint density at radius 1 is 1.20 bits per heavy atom. The maximum Gasteiger partial charge on any atom is 0.0759 e. The van der Waals surface area contributed by atoms with Gasteiger partial charge in [-0.2, -0.15) is 0 Å². The quantitative estimate of drug-likeness (QED) is 0.806. The van der Waals surface area contributed by atoms with Gasteiger partial charge in [0.2, 0.25) is 0 Å². The number of hydrogen-bond donors (Lipinski definition) is 1. The normalized spacial score (nSPS) is 13.1. The third kappa shape index (κ3) is 2.99. The van der Waals surface area contributed by atoms with Crippen LogP contribution in [0.1, 0.15) is 44.1 Å². The summed E-state index contributed by atoms with van der Waals surface area (Å²) in [6.45, 7) is 6.41. The van der Waals surface area contributed by atoms with Crippen molar-refractivity contribution in [3.8, 4) is 0 Å². The van der Waals surface area contributed by atoms with Crippen LogP contribution in [0, 0.1) is 12.8 Å². The third-order valence-electron chi connectivity index (χ3n) is 2.95. The topological polar surface area (TPSA) is 37.8 Å². The molecule has 1 rings (SSSR count). The van der Waals surface area contributed by atoms with Crippen LogP contribution in [0.25, 0.3) is 0 Å². The molecular weight excluding hydrogens is 186 g/mol. The average Bonchev–Trinajstić information content (AvgIpc) is 2.27. The molecule has 0 saturated heterocycles. The molecule has 0 saturated carbocycles. The van der Waals surface area contributed by atoms with Crippen LogP contribution < -0.4 is 5.32 Å². The van der Waals surface area contributed by atoms with E-state index in [2.05, 4.69) is 29.1 Å². The van der Waals surface area contributed by atoms with Gasteiger partial charge in [0.15, 0.2) is 0 Å². The van der Waals surface area contributed by atoms with Gasteiger partial charge >= 0.3 is 0 Å². The lowest BCUT2D eigenvalue weighted by Crippen LogP contribution is -2.25. The van der Waals surface area contributed by atoms with Gasteiger partial charge in [-0.3, -0.25) is 9.97 Å². The van der Waals surface area contributed by atoms with Crippen molar-refractivity contribution in [1.82, 2.24) is 15.3 Å². The van der Waals surface area contributed by atoms with Gasteiger partial charge in [-0.15, -0.1) is 0 Å². The average molecular weight is 207 g/mol. The van der Waals surface area contributed by atoms with Crippen molar-refractivity contribution in [2.75, 3.05) is 7.05 Å². The zero-order chi connectivity index (χ0) is 11.3. The Labute approximate surface area is 92.3 Å². The summed E-state index contributed by atoms with van der Waals surface area (Å²) in [4.78, 5) is 8.74. The van der Waals surface area contributed by atoms with E-state index in [9.17, 15) is 0 Å². The second-order valence-corrected chi connectivity index (χ2v) is 3.93. The van der Waals surface area contributed by atoms with Crippen molar-refractivity contribution < 1.29 is 0 Å². The molecule has 0 aliphatic rings. The molecule has 1 aromatic heterocycles. The predicted octanol–water partition coefficient (Wildman–Crippen LogP) is 2.48. The largest absolute Gasteiger partial charge is 0.311 e. The van der Waals surface area contributed by atoms with E-state index < -0.39 is 0 Å². The van der Waals surface area contributed by atoms with E-state index in [1.165, 1.54) is 0 Å². The van der Waals surface area contributed by atoms with E-state index in [4.69, 9.17) is 0 Å². The highest BCUT2D eigenvalue weighted by molar-refractivity contribution is 5.07. The minimum atomic E-state index is 0.327. The Balaban J connectivity index is 2.86. The summed E-state index contributed by atoms with van der Waals surface area (Å²) < 4.78 is 0. The van der Waals surface area contributed by atoms with E-state index in [1.807, 2.05) is 26.4 Å². The van der Waals surface area contributed by atoms with E-state index in [-0.39, 0.29) is 0 Å².